The number of nitrogens with zero attached hydrogens (tertiary/aromatic N) is 2. The number of methoxy groups -OCH3 is 1. The maximum Gasteiger partial charge on any atom is 0.274 e. The highest BCUT2D eigenvalue weighted by Crippen LogP contribution is 2.41. The second-order valence-corrected chi connectivity index (χ2v) is 7.10. The number of hydrogen-bond donors (Lipinski definition) is 2. The van der Waals surface area contributed by atoms with Crippen LogP contribution < -0.4 is 15.8 Å². The predicted octanol–water partition coefficient (Wildman–Crippen LogP) is 3.53. The van der Waals surface area contributed by atoms with Gasteiger partial charge in [0.1, 0.15) is 29.8 Å². The van der Waals surface area contributed by atoms with Crippen LogP contribution in [0.5, 0.6) is 5.75 Å². The number of ether oxygens (including phenoxy) is 1. The van der Waals surface area contributed by atoms with E-state index in [1.807, 2.05) is 0 Å². The Balaban J connectivity index is 1.87. The minimum atomic E-state index is -2.33. The molecule has 0 saturated heterocycles. The Bertz CT molecular complexity index is 951. The van der Waals surface area contributed by atoms with Gasteiger partial charge in [-0.05, 0) is 50.1 Å². The molecule has 9 heteroatoms. The lowest BCUT2D eigenvalue weighted by molar-refractivity contribution is 0.102. The number of nitrogens with two attached hydrogens (primary N) is 1. The highest BCUT2D eigenvalue weighted by Gasteiger charge is 2.44. The predicted molar refractivity (Wildman–Crippen MR) is 103 cm³/mol. The maximum atomic E-state index is 14.5. The maximum absolute atomic E-state index is 14.5. The second kappa shape index (κ2) is 7.73. The number of pyridine rings is 1. The fourth-order valence-corrected chi connectivity index (χ4v) is 3.17. The lowest BCUT2D eigenvalue weighted by Crippen LogP contribution is -2.48. The Morgan fingerprint density at radius 1 is 1.31 bits per heavy atom. The van der Waals surface area contributed by atoms with Crippen molar-refractivity contribution in [3.8, 4) is 5.75 Å². The van der Waals surface area contributed by atoms with Gasteiger partial charge in [0.2, 0.25) is 0 Å². The van der Waals surface area contributed by atoms with Crippen LogP contribution in [0.3, 0.4) is 0 Å². The van der Waals surface area contributed by atoms with E-state index < -0.39 is 35.4 Å². The first-order chi connectivity index (χ1) is 13.7. The van der Waals surface area contributed by atoms with Crippen molar-refractivity contribution in [2.24, 2.45) is 10.7 Å². The molecule has 0 bridgehead atoms. The molecular formula is C20H21F3N4O2. The van der Waals surface area contributed by atoms with Gasteiger partial charge in [0.15, 0.2) is 5.67 Å². The van der Waals surface area contributed by atoms with E-state index in [4.69, 9.17) is 10.5 Å². The van der Waals surface area contributed by atoms with E-state index in [1.54, 1.807) is 13.0 Å². The zero-order valence-corrected chi connectivity index (χ0v) is 16.0. The molecule has 3 rings (SSSR count). The zero-order chi connectivity index (χ0) is 21.2. The van der Waals surface area contributed by atoms with Gasteiger partial charge in [-0.3, -0.25) is 9.79 Å². The van der Waals surface area contributed by atoms with Gasteiger partial charge < -0.3 is 15.8 Å². The number of aromatic nitrogens is 1. The standard InChI is InChI=1S/C20H21F3N4O2/c1-19(7-8-20(23,11-21)18(24)27-19)14-9-12(3-5-15(14)22)26-17(28)16-6-4-13(29-2)10-25-16/h3-6,9-10H,7-8,11H2,1-2H3,(H2,24,27)(H,26,28)/t19-,20-/m0/s1. The molecule has 2 heterocycles. The molecule has 3 N–H and O–H groups in total. The van der Waals surface area contributed by atoms with E-state index in [-0.39, 0.29) is 24.1 Å². The molecule has 0 unspecified atom stereocenters. The summed E-state index contributed by atoms with van der Waals surface area (Å²) in [5.41, 5.74) is 2.70. The Morgan fingerprint density at radius 2 is 2.07 bits per heavy atom. The highest BCUT2D eigenvalue weighted by molar-refractivity contribution is 6.02. The topological polar surface area (TPSA) is 89.6 Å². The van der Waals surface area contributed by atoms with Crippen LogP contribution in [0, 0.1) is 5.82 Å². The lowest BCUT2D eigenvalue weighted by Gasteiger charge is -2.36. The third-order valence-corrected chi connectivity index (χ3v) is 5.06. The summed E-state index contributed by atoms with van der Waals surface area (Å²) in [5.74, 6) is -1.08. The molecule has 0 spiro atoms. The molecule has 1 aliphatic rings. The number of rotatable bonds is 5. The number of anilines is 1. The molecule has 1 aromatic carbocycles. The Kier molecular flexibility index (Phi) is 5.50. The largest absolute Gasteiger partial charge is 0.495 e. The number of aliphatic imine (C=N–C) groups is 1. The minimum absolute atomic E-state index is 0.0580. The Hall–Kier alpha value is -3.10. The van der Waals surface area contributed by atoms with Crippen LogP contribution in [0.25, 0.3) is 0 Å². The zero-order valence-electron chi connectivity index (χ0n) is 16.0. The van der Waals surface area contributed by atoms with E-state index in [1.165, 1.54) is 37.6 Å². The number of nitrogens with one attached hydrogen (secondary N) is 1. The molecule has 2 aromatic rings. The van der Waals surface area contributed by atoms with E-state index in [0.717, 1.165) is 0 Å². The summed E-state index contributed by atoms with van der Waals surface area (Å²) in [4.78, 5) is 20.5. The lowest BCUT2D eigenvalue weighted by atomic mass is 9.80. The summed E-state index contributed by atoms with van der Waals surface area (Å²) in [6.45, 7) is 0.304. The number of amides is 1. The summed E-state index contributed by atoms with van der Waals surface area (Å²) < 4.78 is 46.9. The monoisotopic (exact) mass is 406 g/mol. The molecule has 1 aliphatic heterocycles. The molecule has 1 aromatic heterocycles. The van der Waals surface area contributed by atoms with Crippen LogP contribution in [0.1, 0.15) is 35.8 Å². The number of benzene rings is 1. The van der Waals surface area contributed by atoms with Crippen LogP contribution in [0.2, 0.25) is 0 Å². The molecule has 29 heavy (non-hydrogen) atoms. The van der Waals surface area contributed by atoms with E-state index in [9.17, 15) is 18.0 Å². The smallest absolute Gasteiger partial charge is 0.274 e. The molecule has 154 valence electrons. The number of amidine groups is 1. The van der Waals surface area contributed by atoms with Crippen molar-refractivity contribution in [1.29, 1.82) is 0 Å². The Morgan fingerprint density at radius 3 is 2.66 bits per heavy atom. The fourth-order valence-electron chi connectivity index (χ4n) is 3.17. The van der Waals surface area contributed by atoms with Crippen molar-refractivity contribution < 1.29 is 22.7 Å². The van der Waals surface area contributed by atoms with Crippen LogP contribution in [0.4, 0.5) is 18.9 Å². The highest BCUT2D eigenvalue weighted by atomic mass is 19.2. The van der Waals surface area contributed by atoms with E-state index >= 15 is 0 Å². The number of hydrogen-bond acceptors (Lipinski definition) is 5. The third kappa shape index (κ3) is 4.03. The molecule has 6 nitrogen and oxygen atoms in total. The average molecular weight is 406 g/mol. The first-order valence-electron chi connectivity index (χ1n) is 8.93. The van der Waals surface area contributed by atoms with Crippen LogP contribution in [-0.4, -0.2) is 36.2 Å². The average Bonchev–Trinajstić information content (AvgIpc) is 2.72. The molecule has 2 atom stereocenters. The molecule has 0 radical (unpaired) electrons. The van der Waals surface area contributed by atoms with Gasteiger partial charge in [0, 0.05) is 11.3 Å². The SMILES string of the molecule is COc1ccc(C(=O)Nc2ccc(F)c([C@]3(C)CC[C@](F)(CF)C(N)=N3)c2)nc1. The summed E-state index contributed by atoms with van der Waals surface area (Å²) in [5, 5.41) is 2.64. The van der Waals surface area contributed by atoms with Crippen molar-refractivity contribution in [3.63, 3.8) is 0 Å². The summed E-state index contributed by atoms with van der Waals surface area (Å²) >= 11 is 0. The number of alkyl halides is 2. The van der Waals surface area contributed by atoms with Gasteiger partial charge in [0.25, 0.3) is 5.91 Å². The molecule has 0 aliphatic carbocycles. The molecule has 1 amide bonds. The minimum Gasteiger partial charge on any atom is -0.495 e. The molecular weight excluding hydrogens is 385 g/mol. The van der Waals surface area contributed by atoms with E-state index in [0.29, 0.717) is 11.4 Å². The van der Waals surface area contributed by atoms with Crippen molar-refractivity contribution in [2.75, 3.05) is 19.1 Å². The van der Waals surface area contributed by atoms with Crippen LogP contribution in [-0.2, 0) is 5.54 Å². The number of halogens is 3. The summed E-state index contributed by atoms with van der Waals surface area (Å²) in [6, 6.07) is 7.06. The first-order valence-corrected chi connectivity index (χ1v) is 8.93. The van der Waals surface area contributed by atoms with Gasteiger partial charge in [-0.1, -0.05) is 0 Å². The van der Waals surface area contributed by atoms with Crippen LogP contribution >= 0.6 is 0 Å². The van der Waals surface area contributed by atoms with Gasteiger partial charge in [0.05, 0.1) is 18.8 Å². The quantitative estimate of drug-likeness (QED) is 0.795. The molecule has 0 fully saturated rings. The second-order valence-electron chi connectivity index (χ2n) is 7.10. The van der Waals surface area contributed by atoms with Gasteiger partial charge >= 0.3 is 0 Å². The fraction of sp³-hybridized carbons (Fsp3) is 0.350. The van der Waals surface area contributed by atoms with Gasteiger partial charge in [-0.15, -0.1) is 0 Å². The Labute approximate surface area is 166 Å². The van der Waals surface area contributed by atoms with Crippen molar-refractivity contribution >= 4 is 17.4 Å². The summed E-state index contributed by atoms with van der Waals surface area (Å²) in [7, 11) is 1.48. The number of carbonyl (C=O) groups excluding carboxylic acids is 1. The van der Waals surface area contributed by atoms with Crippen molar-refractivity contribution in [2.45, 2.75) is 31.0 Å². The van der Waals surface area contributed by atoms with Gasteiger partial charge in [-0.25, -0.2) is 18.2 Å². The molecule has 0 saturated carbocycles. The van der Waals surface area contributed by atoms with E-state index in [2.05, 4.69) is 15.3 Å². The van der Waals surface area contributed by atoms with Crippen molar-refractivity contribution in [3.05, 3.63) is 53.6 Å². The normalized spacial score (nSPS) is 24.0. The number of carbonyl (C=O) groups is 1. The first kappa shape index (κ1) is 20.6. The van der Waals surface area contributed by atoms with Crippen LogP contribution in [0.15, 0.2) is 41.5 Å². The third-order valence-electron chi connectivity index (χ3n) is 5.06. The van der Waals surface area contributed by atoms with Gasteiger partial charge in [-0.2, -0.15) is 0 Å². The summed E-state index contributed by atoms with van der Waals surface area (Å²) in [6.07, 6.45) is 1.24. The van der Waals surface area contributed by atoms with Crippen molar-refractivity contribution in [1.82, 2.24) is 4.98 Å².